The summed E-state index contributed by atoms with van der Waals surface area (Å²) in [5.74, 6) is -0.000465. The van der Waals surface area contributed by atoms with Gasteiger partial charge in [0.05, 0.1) is 25.4 Å². The molecule has 0 aliphatic rings. The van der Waals surface area contributed by atoms with Crippen molar-refractivity contribution in [3.05, 3.63) is 12.2 Å². The van der Waals surface area contributed by atoms with E-state index in [0.29, 0.717) is 25.9 Å². The summed E-state index contributed by atoms with van der Waals surface area (Å²) in [5, 5.41) is 23.4. The molecule has 1 amide bonds. The van der Waals surface area contributed by atoms with Gasteiger partial charge in [-0.3, -0.25) is 9.59 Å². The molecule has 0 fully saturated rings. The highest BCUT2D eigenvalue weighted by molar-refractivity contribution is 5.76. The van der Waals surface area contributed by atoms with E-state index in [-0.39, 0.29) is 18.5 Å². The van der Waals surface area contributed by atoms with Crippen molar-refractivity contribution in [1.29, 1.82) is 0 Å². The van der Waals surface area contributed by atoms with Crippen molar-refractivity contribution in [1.82, 2.24) is 5.32 Å². The van der Waals surface area contributed by atoms with Gasteiger partial charge in [-0.05, 0) is 51.4 Å². The second-order valence-electron chi connectivity index (χ2n) is 28.1. The summed E-state index contributed by atoms with van der Waals surface area (Å²) in [7, 11) is 0. The van der Waals surface area contributed by atoms with Gasteiger partial charge in [-0.2, -0.15) is 0 Å². The number of hydrogen-bond donors (Lipinski definition) is 3. The second kappa shape index (κ2) is 77.1. The molecular formula is C81H159NO5. The maximum atomic E-state index is 12.5. The molecule has 0 rings (SSSR count). The highest BCUT2D eigenvalue weighted by Crippen LogP contribution is 2.20. The van der Waals surface area contributed by atoms with E-state index in [4.69, 9.17) is 4.74 Å². The maximum absolute atomic E-state index is 12.5. The van der Waals surface area contributed by atoms with E-state index in [1.165, 1.54) is 398 Å². The highest BCUT2D eigenvalue weighted by atomic mass is 16.5. The topological polar surface area (TPSA) is 95.9 Å². The zero-order valence-corrected chi connectivity index (χ0v) is 59.5. The predicted octanol–water partition coefficient (Wildman–Crippen LogP) is 26.7. The quantitative estimate of drug-likeness (QED) is 0.0320. The lowest BCUT2D eigenvalue weighted by atomic mass is 10.0. The Labute approximate surface area is 546 Å². The fraction of sp³-hybridized carbons (Fsp3) is 0.951. The Morgan fingerprint density at radius 3 is 0.816 bits per heavy atom. The average Bonchev–Trinajstić information content (AvgIpc) is 3.57. The number of carbonyl (C=O) groups is 2. The number of carbonyl (C=O) groups excluding carboxylic acids is 2. The molecule has 518 valence electrons. The van der Waals surface area contributed by atoms with Crippen LogP contribution < -0.4 is 5.32 Å². The zero-order chi connectivity index (χ0) is 62.8. The normalized spacial score (nSPS) is 12.5. The first kappa shape index (κ1) is 85.6. The number of nitrogens with one attached hydrogen (secondary N) is 1. The Bertz CT molecular complexity index is 1320. The first-order valence-corrected chi connectivity index (χ1v) is 40.4. The van der Waals surface area contributed by atoms with Gasteiger partial charge in [0, 0.05) is 12.8 Å². The van der Waals surface area contributed by atoms with Crippen LogP contribution in [0.1, 0.15) is 470 Å². The lowest BCUT2D eigenvalue weighted by molar-refractivity contribution is -0.143. The SMILES string of the molecule is CCCCCCCCCCCCCCCCCCCCC(O)C(CO)NC(=O)CCCCCCCCCCCCCCCCCCC/C=C\CCCCCCCCCCCCCCCCCCCCOC(=O)CCCCCCCCCCCCCCC. The number of amides is 1. The van der Waals surface area contributed by atoms with E-state index in [1.807, 2.05) is 0 Å². The van der Waals surface area contributed by atoms with Crippen LogP contribution in [0, 0.1) is 0 Å². The lowest BCUT2D eigenvalue weighted by Crippen LogP contribution is -2.45. The molecule has 0 aromatic rings. The molecule has 6 heteroatoms. The van der Waals surface area contributed by atoms with E-state index in [0.717, 1.165) is 38.5 Å². The summed E-state index contributed by atoms with van der Waals surface area (Å²) in [6.45, 7) is 5.01. The Balaban J connectivity index is 3.31. The highest BCUT2D eigenvalue weighted by Gasteiger charge is 2.20. The Morgan fingerprint density at radius 2 is 0.540 bits per heavy atom. The molecule has 0 saturated heterocycles. The van der Waals surface area contributed by atoms with Crippen molar-refractivity contribution in [3.63, 3.8) is 0 Å². The molecule has 0 radical (unpaired) electrons. The van der Waals surface area contributed by atoms with Crippen molar-refractivity contribution >= 4 is 11.9 Å². The van der Waals surface area contributed by atoms with E-state index >= 15 is 0 Å². The smallest absolute Gasteiger partial charge is 0.305 e. The summed E-state index contributed by atoms with van der Waals surface area (Å²) in [4.78, 5) is 24.6. The standard InChI is InChI=1S/C81H159NO5/c1-3-5-7-9-11-13-15-17-18-19-43-46-50-53-57-61-65-69-73-79(84)78(77-83)82-80(85)74-70-66-62-58-54-51-47-44-41-39-37-35-33-31-29-27-25-23-21-20-22-24-26-28-30-32-34-36-38-40-42-45-48-52-56-60-64-68-72-76-87-81(86)75-71-67-63-59-55-49-16-14-12-10-8-6-4-2/h20-21,78-79,83-84H,3-19,22-77H2,1-2H3,(H,82,85)/b21-20-. The number of esters is 1. The molecule has 0 saturated carbocycles. The van der Waals surface area contributed by atoms with Crippen LogP contribution in [0.2, 0.25) is 0 Å². The molecule has 87 heavy (non-hydrogen) atoms. The second-order valence-corrected chi connectivity index (χ2v) is 28.1. The molecule has 0 spiro atoms. The minimum Gasteiger partial charge on any atom is -0.466 e. The third kappa shape index (κ3) is 73.5. The zero-order valence-electron chi connectivity index (χ0n) is 59.5. The first-order chi connectivity index (χ1) is 43.0. The van der Waals surface area contributed by atoms with E-state index in [9.17, 15) is 19.8 Å². The van der Waals surface area contributed by atoms with Crippen molar-refractivity contribution in [2.45, 2.75) is 482 Å². The molecule has 0 aliphatic carbocycles. The Hall–Kier alpha value is -1.40. The molecule has 3 N–H and O–H groups in total. The van der Waals surface area contributed by atoms with Crippen LogP contribution >= 0.6 is 0 Å². The molecule has 0 aliphatic heterocycles. The fourth-order valence-electron chi connectivity index (χ4n) is 13.2. The van der Waals surface area contributed by atoms with Gasteiger partial charge >= 0.3 is 5.97 Å². The van der Waals surface area contributed by atoms with Gasteiger partial charge in [0.25, 0.3) is 0 Å². The number of allylic oxidation sites excluding steroid dienone is 2. The fourth-order valence-corrected chi connectivity index (χ4v) is 13.2. The minimum atomic E-state index is -0.661. The molecule has 2 atom stereocenters. The summed E-state index contributed by atoms with van der Waals surface area (Å²) in [5.41, 5.74) is 0. The summed E-state index contributed by atoms with van der Waals surface area (Å²) in [6.07, 6.45) is 97.5. The van der Waals surface area contributed by atoms with Crippen molar-refractivity contribution in [2.75, 3.05) is 13.2 Å². The number of ether oxygens (including phenoxy) is 1. The maximum Gasteiger partial charge on any atom is 0.305 e. The molecular weight excluding hydrogens is 1070 g/mol. The Kier molecular flexibility index (Phi) is 75.8. The summed E-state index contributed by atoms with van der Waals surface area (Å²) >= 11 is 0. The summed E-state index contributed by atoms with van der Waals surface area (Å²) < 4.78 is 5.50. The summed E-state index contributed by atoms with van der Waals surface area (Å²) in [6, 6.07) is -0.538. The van der Waals surface area contributed by atoms with Gasteiger partial charge in [-0.1, -0.05) is 418 Å². The van der Waals surface area contributed by atoms with Gasteiger partial charge < -0.3 is 20.3 Å². The van der Waals surface area contributed by atoms with Crippen molar-refractivity contribution < 1.29 is 24.5 Å². The molecule has 0 aromatic heterocycles. The number of unbranched alkanes of at least 4 members (excludes halogenated alkanes) is 64. The Morgan fingerprint density at radius 1 is 0.310 bits per heavy atom. The first-order valence-electron chi connectivity index (χ1n) is 40.4. The monoisotopic (exact) mass is 1230 g/mol. The largest absolute Gasteiger partial charge is 0.466 e. The lowest BCUT2D eigenvalue weighted by Gasteiger charge is -2.22. The van der Waals surface area contributed by atoms with Crippen LogP contribution in [-0.4, -0.2) is 47.4 Å². The van der Waals surface area contributed by atoms with Crippen LogP contribution in [0.15, 0.2) is 12.2 Å². The van der Waals surface area contributed by atoms with Gasteiger partial charge in [0.1, 0.15) is 0 Å². The number of rotatable bonds is 77. The van der Waals surface area contributed by atoms with Crippen LogP contribution in [0.3, 0.4) is 0 Å². The van der Waals surface area contributed by atoms with Crippen LogP contribution in [0.4, 0.5) is 0 Å². The van der Waals surface area contributed by atoms with Crippen LogP contribution in [-0.2, 0) is 14.3 Å². The van der Waals surface area contributed by atoms with Crippen molar-refractivity contribution in [2.24, 2.45) is 0 Å². The minimum absolute atomic E-state index is 0.0251. The van der Waals surface area contributed by atoms with Crippen LogP contribution in [0.5, 0.6) is 0 Å². The molecule has 0 bridgehead atoms. The molecule has 6 nitrogen and oxygen atoms in total. The van der Waals surface area contributed by atoms with E-state index in [1.54, 1.807) is 0 Å². The van der Waals surface area contributed by atoms with Gasteiger partial charge in [-0.25, -0.2) is 0 Å². The van der Waals surface area contributed by atoms with Gasteiger partial charge in [-0.15, -0.1) is 0 Å². The predicted molar refractivity (Wildman–Crippen MR) is 384 cm³/mol. The number of hydrogen-bond acceptors (Lipinski definition) is 5. The van der Waals surface area contributed by atoms with E-state index < -0.39 is 12.1 Å². The van der Waals surface area contributed by atoms with Crippen molar-refractivity contribution in [3.8, 4) is 0 Å². The number of aliphatic hydroxyl groups is 2. The van der Waals surface area contributed by atoms with E-state index in [2.05, 4.69) is 31.3 Å². The molecule has 0 aromatic carbocycles. The average molecular weight is 1230 g/mol. The van der Waals surface area contributed by atoms with Gasteiger partial charge in [0.15, 0.2) is 0 Å². The molecule has 0 heterocycles. The molecule has 2 unspecified atom stereocenters. The third-order valence-corrected chi connectivity index (χ3v) is 19.3. The third-order valence-electron chi connectivity index (χ3n) is 19.3. The van der Waals surface area contributed by atoms with Crippen LogP contribution in [0.25, 0.3) is 0 Å². The van der Waals surface area contributed by atoms with Gasteiger partial charge in [0.2, 0.25) is 5.91 Å². The number of aliphatic hydroxyl groups excluding tert-OH is 2.